The van der Waals surface area contributed by atoms with Crippen LogP contribution < -0.4 is 6.15 Å². The Balaban J connectivity index is 0.00000380. The molecule has 2 unspecified atom stereocenters. The van der Waals surface area contributed by atoms with Crippen molar-refractivity contribution in [1.82, 2.24) is 16.0 Å². The van der Waals surface area contributed by atoms with Crippen LogP contribution in [0, 0.1) is 25.7 Å². The van der Waals surface area contributed by atoms with Gasteiger partial charge in [-0.05, 0) is 87.8 Å². The molecule has 0 aromatic carbocycles. The number of unbranched alkanes of at least 4 members (excludes halogenated alkanes) is 24. The van der Waals surface area contributed by atoms with Gasteiger partial charge in [-0.15, -0.1) is 45.3 Å². The van der Waals surface area contributed by atoms with Crippen LogP contribution in [0.2, 0.25) is 0 Å². The average Bonchev–Trinajstić information content (AvgIpc) is 4.25. The fraction of sp³-hybridized carbons (Fsp3) is 0.688. The SMILES string of the molecule is CC.CCCCCCCCCCC(CCCCCCCC)CN1C(=O)C2=C(c3ccc(-c4cc5sc(C)cc5s4)s3)N(CC(CCCCCCCC)CCCCCCCCCC)C(=O)C2=C1c1ccc(C)s1.N. The van der Waals surface area contributed by atoms with Gasteiger partial charge in [0.2, 0.25) is 0 Å². The van der Waals surface area contributed by atoms with E-state index in [1.807, 2.05) is 36.5 Å². The molecular formula is C64H103N3O2S4. The minimum atomic E-state index is 0. The number of carbonyl (C=O) groups excluding carboxylic acids is 2. The highest BCUT2D eigenvalue weighted by Crippen LogP contribution is 2.51. The van der Waals surface area contributed by atoms with Gasteiger partial charge in [-0.25, -0.2) is 0 Å². The molecule has 6 heterocycles. The molecule has 0 saturated heterocycles. The summed E-state index contributed by atoms with van der Waals surface area (Å²) in [6.07, 6.45) is 41.0. The molecule has 410 valence electrons. The van der Waals surface area contributed by atoms with Gasteiger partial charge in [0.25, 0.3) is 11.8 Å². The first-order valence-electron chi connectivity index (χ1n) is 30.1. The lowest BCUT2D eigenvalue weighted by Crippen LogP contribution is -2.34. The molecule has 2 atom stereocenters. The zero-order valence-electron chi connectivity index (χ0n) is 47.7. The number of thiophene rings is 4. The molecular weight excluding hydrogens is 971 g/mol. The van der Waals surface area contributed by atoms with E-state index in [9.17, 15) is 0 Å². The second kappa shape index (κ2) is 35.7. The molecule has 2 aliphatic heterocycles. The number of rotatable bonds is 39. The molecule has 4 aromatic heterocycles. The molecule has 0 radical (unpaired) electrons. The van der Waals surface area contributed by atoms with E-state index in [-0.39, 0.29) is 18.0 Å². The van der Waals surface area contributed by atoms with Gasteiger partial charge in [0.05, 0.1) is 32.3 Å². The second-order valence-electron chi connectivity index (χ2n) is 21.4. The van der Waals surface area contributed by atoms with Gasteiger partial charge in [0, 0.05) is 42.0 Å². The van der Waals surface area contributed by atoms with Crippen LogP contribution in [-0.2, 0) is 9.59 Å². The summed E-state index contributed by atoms with van der Waals surface area (Å²) in [6.45, 7) is 18.9. The predicted molar refractivity (Wildman–Crippen MR) is 328 cm³/mol. The normalized spacial score (nSPS) is 14.5. The van der Waals surface area contributed by atoms with Crippen LogP contribution >= 0.6 is 45.3 Å². The molecule has 2 aliphatic rings. The maximum atomic E-state index is 15.7. The first-order valence-corrected chi connectivity index (χ1v) is 33.3. The third kappa shape index (κ3) is 19.4. The summed E-state index contributed by atoms with van der Waals surface area (Å²) < 4.78 is 2.69. The van der Waals surface area contributed by atoms with Crippen molar-refractivity contribution >= 4 is 78.0 Å². The topological polar surface area (TPSA) is 75.6 Å². The van der Waals surface area contributed by atoms with Crippen molar-refractivity contribution in [1.29, 1.82) is 0 Å². The quantitative estimate of drug-likeness (QED) is 0.0453. The highest BCUT2D eigenvalue weighted by atomic mass is 32.1. The van der Waals surface area contributed by atoms with E-state index < -0.39 is 0 Å². The van der Waals surface area contributed by atoms with Gasteiger partial charge in [-0.2, -0.15) is 0 Å². The summed E-state index contributed by atoms with van der Waals surface area (Å²) in [6, 6.07) is 13.5. The van der Waals surface area contributed by atoms with Gasteiger partial charge in [-0.1, -0.05) is 221 Å². The van der Waals surface area contributed by atoms with Crippen LogP contribution in [0.5, 0.6) is 0 Å². The highest BCUT2D eigenvalue weighted by molar-refractivity contribution is 7.31. The fourth-order valence-electron chi connectivity index (χ4n) is 11.2. The van der Waals surface area contributed by atoms with Crippen molar-refractivity contribution in [2.45, 2.75) is 261 Å². The van der Waals surface area contributed by atoms with Gasteiger partial charge in [0.1, 0.15) is 0 Å². The monoisotopic (exact) mass is 1070 g/mol. The number of fused-ring (bicyclic) bond motifs is 2. The first-order chi connectivity index (χ1) is 35.3. The summed E-state index contributed by atoms with van der Waals surface area (Å²) >= 11 is 7.26. The van der Waals surface area contributed by atoms with Crippen molar-refractivity contribution in [2.24, 2.45) is 11.8 Å². The zero-order chi connectivity index (χ0) is 51.5. The van der Waals surface area contributed by atoms with E-state index in [4.69, 9.17) is 0 Å². The Kier molecular flexibility index (Phi) is 30.8. The Morgan fingerprint density at radius 3 is 1.10 bits per heavy atom. The van der Waals surface area contributed by atoms with Gasteiger partial charge in [-0.3, -0.25) is 9.59 Å². The summed E-state index contributed by atoms with van der Waals surface area (Å²) in [7, 11) is 0. The van der Waals surface area contributed by atoms with Crippen LogP contribution in [0.25, 0.3) is 30.5 Å². The van der Waals surface area contributed by atoms with E-state index in [1.165, 1.54) is 209 Å². The molecule has 0 spiro atoms. The van der Waals surface area contributed by atoms with Gasteiger partial charge >= 0.3 is 0 Å². The van der Waals surface area contributed by atoms with Crippen LogP contribution in [0.1, 0.15) is 267 Å². The highest BCUT2D eigenvalue weighted by Gasteiger charge is 2.50. The fourth-order valence-corrected chi connectivity index (χ4v) is 15.6. The molecule has 3 N–H and O–H groups in total. The Labute approximate surface area is 463 Å². The maximum Gasteiger partial charge on any atom is 0.261 e. The van der Waals surface area contributed by atoms with Crippen molar-refractivity contribution in [3.63, 3.8) is 0 Å². The number of nitrogens with zero attached hydrogens (tertiary/aromatic N) is 2. The molecule has 6 rings (SSSR count). The van der Waals surface area contributed by atoms with Gasteiger partial charge in [0.15, 0.2) is 0 Å². The summed E-state index contributed by atoms with van der Waals surface area (Å²) in [5.41, 5.74) is 3.15. The molecule has 0 bridgehead atoms. The Morgan fingerprint density at radius 2 is 0.726 bits per heavy atom. The van der Waals surface area contributed by atoms with E-state index in [1.54, 1.807) is 22.7 Å². The predicted octanol–water partition coefficient (Wildman–Crippen LogP) is 22.2. The Morgan fingerprint density at radius 1 is 0.384 bits per heavy atom. The van der Waals surface area contributed by atoms with Crippen molar-refractivity contribution in [2.75, 3.05) is 13.1 Å². The summed E-state index contributed by atoms with van der Waals surface area (Å²) in [5, 5.41) is 0. The molecule has 5 nitrogen and oxygen atoms in total. The largest absolute Gasteiger partial charge is 0.344 e. The standard InChI is InChI=1S/C62H94N2O2S4.C2H6.H3N/c1-7-11-15-19-23-25-29-33-37-49(35-31-27-21-17-13-9-3)45-63-59(52-40-39-47(5)67-52)57-58(62(63)66)60(53-42-41-51(69-53)55-44-56-54(70-55)43-48(6)68-56)64(61(57)65)46-50(36-32-28-22-18-14-10-4)38-34-30-26-24-20-16-12-8-2;1-2;/h39-44,49-50H,7-38,45-46H2,1-6H3;1-2H3;1H3. The van der Waals surface area contributed by atoms with E-state index in [0.717, 1.165) is 46.8 Å². The molecule has 0 fully saturated rings. The third-order valence-corrected chi connectivity index (χ3v) is 19.8. The zero-order valence-corrected chi connectivity index (χ0v) is 51.0. The van der Waals surface area contributed by atoms with Gasteiger partial charge < -0.3 is 16.0 Å². The number of aryl methyl sites for hydroxylation is 2. The summed E-state index contributed by atoms with van der Waals surface area (Å²) in [5.74, 6) is 0.940. The number of carbonyl (C=O) groups is 2. The second-order valence-corrected chi connectivity index (χ2v) is 26.2. The average molecular weight is 1070 g/mol. The Bertz CT molecular complexity index is 2190. The van der Waals surface area contributed by atoms with E-state index >= 15 is 9.59 Å². The lowest BCUT2D eigenvalue weighted by Gasteiger charge is -2.29. The van der Waals surface area contributed by atoms with Crippen LogP contribution in [-0.4, -0.2) is 34.7 Å². The maximum absolute atomic E-state index is 15.7. The molecule has 0 saturated carbocycles. The smallest absolute Gasteiger partial charge is 0.261 e. The van der Waals surface area contributed by atoms with E-state index in [0.29, 0.717) is 36.1 Å². The van der Waals surface area contributed by atoms with Crippen molar-refractivity contribution < 1.29 is 9.59 Å². The number of amides is 2. The molecule has 2 amide bonds. The van der Waals surface area contributed by atoms with Crippen LogP contribution in [0.3, 0.4) is 0 Å². The minimum Gasteiger partial charge on any atom is -0.344 e. The Hall–Kier alpha value is -2.56. The lowest BCUT2D eigenvalue weighted by molar-refractivity contribution is -0.124. The first kappa shape index (κ1) is 63.0. The molecule has 73 heavy (non-hydrogen) atoms. The van der Waals surface area contributed by atoms with Crippen molar-refractivity contribution in [3.05, 3.63) is 67.1 Å². The molecule has 0 aliphatic carbocycles. The number of hydrogen-bond donors (Lipinski definition) is 1. The third-order valence-electron chi connectivity index (χ3n) is 15.3. The van der Waals surface area contributed by atoms with Crippen LogP contribution in [0.15, 0.2) is 47.5 Å². The summed E-state index contributed by atoms with van der Waals surface area (Å²) in [4.78, 5) is 42.9. The van der Waals surface area contributed by atoms with Crippen molar-refractivity contribution in [3.8, 4) is 9.75 Å². The van der Waals surface area contributed by atoms with Crippen LogP contribution in [0.4, 0.5) is 0 Å². The number of hydrogen-bond acceptors (Lipinski definition) is 7. The minimum absolute atomic E-state index is 0. The van der Waals surface area contributed by atoms with E-state index in [2.05, 4.69) is 87.7 Å². The molecule has 9 heteroatoms. The molecule has 4 aromatic rings. The lowest BCUT2D eigenvalue weighted by atomic mass is 9.93.